The zero-order chi connectivity index (χ0) is 16.8. The first-order valence-electron chi connectivity index (χ1n) is 8.31. The second-order valence-electron chi connectivity index (χ2n) is 6.42. The van der Waals surface area contributed by atoms with E-state index in [0.29, 0.717) is 19.8 Å². The van der Waals surface area contributed by atoms with Crippen LogP contribution in [0.4, 0.5) is 0 Å². The third kappa shape index (κ3) is 5.65. The van der Waals surface area contributed by atoms with Gasteiger partial charge in [-0.1, -0.05) is 18.2 Å². The van der Waals surface area contributed by atoms with Gasteiger partial charge in [-0.05, 0) is 50.7 Å². The van der Waals surface area contributed by atoms with Crippen LogP contribution in [0, 0.1) is 19.8 Å². The van der Waals surface area contributed by atoms with Crippen LogP contribution in [0.15, 0.2) is 18.2 Å². The van der Waals surface area contributed by atoms with Gasteiger partial charge in [0.15, 0.2) is 0 Å². The van der Waals surface area contributed by atoms with Crippen LogP contribution in [0.5, 0.6) is 5.75 Å². The zero-order valence-electron chi connectivity index (χ0n) is 14.7. The summed E-state index contributed by atoms with van der Waals surface area (Å²) in [6.45, 7) is 7.78. The van der Waals surface area contributed by atoms with Gasteiger partial charge in [-0.3, -0.25) is 4.79 Å². The molecule has 0 radical (unpaired) electrons. The molecule has 136 valence electrons. The predicted octanol–water partition coefficient (Wildman–Crippen LogP) is 2.36. The third-order valence-corrected chi connectivity index (χ3v) is 4.35. The Morgan fingerprint density at radius 3 is 2.50 bits per heavy atom. The average Bonchev–Trinajstić information content (AvgIpc) is 2.54. The van der Waals surface area contributed by atoms with Crippen LogP contribution in [0.25, 0.3) is 0 Å². The minimum absolute atomic E-state index is 0. The molecule has 1 heterocycles. The molecule has 0 aliphatic carbocycles. The second-order valence-corrected chi connectivity index (χ2v) is 6.42. The molecule has 5 nitrogen and oxygen atoms in total. The molecule has 3 N–H and O–H groups in total. The lowest BCUT2D eigenvalue weighted by atomic mass is 9.92. The number of ether oxygens (including phenoxy) is 2. The molecule has 0 bridgehead atoms. The van der Waals surface area contributed by atoms with Gasteiger partial charge in [0.1, 0.15) is 12.4 Å². The van der Waals surface area contributed by atoms with E-state index >= 15 is 0 Å². The number of benzene rings is 1. The molecule has 1 fully saturated rings. The van der Waals surface area contributed by atoms with E-state index in [2.05, 4.69) is 5.32 Å². The van der Waals surface area contributed by atoms with Crippen molar-refractivity contribution in [2.75, 3.05) is 19.8 Å². The minimum atomic E-state index is -0.471. The number of halogens is 1. The number of amides is 1. The van der Waals surface area contributed by atoms with Gasteiger partial charge in [0.05, 0.1) is 12.1 Å². The predicted molar refractivity (Wildman–Crippen MR) is 97.8 cm³/mol. The van der Waals surface area contributed by atoms with Crippen molar-refractivity contribution in [3.63, 3.8) is 0 Å². The van der Waals surface area contributed by atoms with Crippen LogP contribution in [-0.2, 0) is 9.53 Å². The molecule has 2 rings (SSSR count). The molecule has 2 atom stereocenters. The van der Waals surface area contributed by atoms with E-state index in [-0.39, 0.29) is 30.3 Å². The smallest absolute Gasteiger partial charge is 0.237 e. The van der Waals surface area contributed by atoms with Gasteiger partial charge in [-0.2, -0.15) is 0 Å². The molecule has 1 saturated heterocycles. The normalized spacial score (nSPS) is 17.5. The van der Waals surface area contributed by atoms with Crippen LogP contribution < -0.4 is 15.8 Å². The molecule has 1 aliphatic heterocycles. The van der Waals surface area contributed by atoms with Crippen LogP contribution in [0.1, 0.15) is 30.9 Å². The summed E-state index contributed by atoms with van der Waals surface area (Å²) in [7, 11) is 0. The van der Waals surface area contributed by atoms with Crippen molar-refractivity contribution in [1.29, 1.82) is 0 Å². The van der Waals surface area contributed by atoms with E-state index in [1.165, 1.54) is 0 Å². The Balaban J connectivity index is 0.00000288. The lowest BCUT2D eigenvalue weighted by Crippen LogP contribution is -2.50. The first-order chi connectivity index (χ1) is 11.0. The van der Waals surface area contributed by atoms with E-state index < -0.39 is 6.04 Å². The minimum Gasteiger partial charge on any atom is -0.491 e. The molecule has 0 spiro atoms. The topological polar surface area (TPSA) is 73.6 Å². The summed E-state index contributed by atoms with van der Waals surface area (Å²) in [5.41, 5.74) is 8.29. The molecule has 1 aromatic carbocycles. The van der Waals surface area contributed by atoms with Crippen LogP contribution in [0.2, 0.25) is 0 Å². The molecule has 24 heavy (non-hydrogen) atoms. The van der Waals surface area contributed by atoms with Gasteiger partial charge < -0.3 is 20.5 Å². The van der Waals surface area contributed by atoms with Gasteiger partial charge in [0, 0.05) is 13.2 Å². The number of hydrogen-bond acceptors (Lipinski definition) is 4. The van der Waals surface area contributed by atoms with Crippen molar-refractivity contribution in [3.05, 3.63) is 29.3 Å². The fourth-order valence-corrected chi connectivity index (χ4v) is 2.90. The number of aryl methyl sites for hydroxylation is 2. The van der Waals surface area contributed by atoms with E-state index in [0.717, 1.165) is 29.7 Å². The average molecular weight is 357 g/mol. The molecule has 0 aromatic heterocycles. The first kappa shape index (κ1) is 20.7. The number of hydrogen-bond donors (Lipinski definition) is 2. The van der Waals surface area contributed by atoms with Crippen molar-refractivity contribution in [2.24, 2.45) is 11.7 Å². The van der Waals surface area contributed by atoms with E-state index in [9.17, 15) is 4.79 Å². The van der Waals surface area contributed by atoms with Crippen molar-refractivity contribution in [3.8, 4) is 5.75 Å². The number of nitrogens with one attached hydrogen (secondary N) is 1. The standard InChI is InChI=1S/C18H28N2O3.ClH/c1-12-5-4-6-13(2)17(12)23-11-14(3)20-18(21)16(19)15-7-9-22-10-8-15;/h4-6,14-16H,7-11,19H2,1-3H3,(H,20,21);1H. The molecular weight excluding hydrogens is 328 g/mol. The Hall–Kier alpha value is -1.30. The van der Waals surface area contributed by atoms with Crippen LogP contribution >= 0.6 is 12.4 Å². The summed E-state index contributed by atoms with van der Waals surface area (Å²) in [5.74, 6) is 0.993. The largest absolute Gasteiger partial charge is 0.491 e. The maximum atomic E-state index is 12.3. The highest BCUT2D eigenvalue weighted by Gasteiger charge is 2.27. The first-order valence-corrected chi connectivity index (χ1v) is 8.31. The fraction of sp³-hybridized carbons (Fsp3) is 0.611. The van der Waals surface area contributed by atoms with E-state index in [4.69, 9.17) is 15.2 Å². The Morgan fingerprint density at radius 2 is 1.92 bits per heavy atom. The van der Waals surface area contributed by atoms with Crippen molar-refractivity contribution < 1.29 is 14.3 Å². The molecule has 6 heteroatoms. The van der Waals surface area contributed by atoms with Gasteiger partial charge in [0.25, 0.3) is 0 Å². The van der Waals surface area contributed by atoms with E-state index in [1.807, 2.05) is 39.0 Å². The molecule has 2 unspecified atom stereocenters. The van der Waals surface area contributed by atoms with Crippen LogP contribution in [-0.4, -0.2) is 37.8 Å². The maximum absolute atomic E-state index is 12.3. The number of rotatable bonds is 6. The Morgan fingerprint density at radius 1 is 1.33 bits per heavy atom. The molecule has 1 amide bonds. The van der Waals surface area contributed by atoms with Gasteiger partial charge >= 0.3 is 0 Å². The van der Waals surface area contributed by atoms with Crippen molar-refractivity contribution >= 4 is 18.3 Å². The highest BCUT2D eigenvalue weighted by molar-refractivity contribution is 5.85. The summed E-state index contributed by atoms with van der Waals surface area (Å²) < 4.78 is 11.2. The molecule has 1 aromatic rings. The lowest BCUT2D eigenvalue weighted by molar-refractivity contribution is -0.125. The lowest BCUT2D eigenvalue weighted by Gasteiger charge is -2.28. The summed E-state index contributed by atoms with van der Waals surface area (Å²) in [5, 5.41) is 2.96. The summed E-state index contributed by atoms with van der Waals surface area (Å²) in [4.78, 5) is 12.3. The number of carbonyl (C=O) groups is 1. The number of para-hydroxylation sites is 1. The summed E-state index contributed by atoms with van der Waals surface area (Å²) in [6, 6.07) is 5.49. The summed E-state index contributed by atoms with van der Waals surface area (Å²) >= 11 is 0. The summed E-state index contributed by atoms with van der Waals surface area (Å²) in [6.07, 6.45) is 1.70. The number of carbonyl (C=O) groups excluding carboxylic acids is 1. The Kier molecular flexibility index (Phi) is 8.53. The zero-order valence-corrected chi connectivity index (χ0v) is 15.5. The highest BCUT2D eigenvalue weighted by Crippen LogP contribution is 2.22. The fourth-order valence-electron chi connectivity index (χ4n) is 2.90. The second kappa shape index (κ2) is 9.87. The van der Waals surface area contributed by atoms with Gasteiger partial charge in [-0.25, -0.2) is 0 Å². The number of nitrogens with two attached hydrogens (primary N) is 1. The molecular formula is C18H29ClN2O3. The van der Waals surface area contributed by atoms with E-state index in [1.54, 1.807) is 0 Å². The molecule has 0 saturated carbocycles. The Labute approximate surface area is 150 Å². The Bertz CT molecular complexity index is 513. The van der Waals surface area contributed by atoms with Crippen LogP contribution in [0.3, 0.4) is 0 Å². The maximum Gasteiger partial charge on any atom is 0.237 e. The quantitative estimate of drug-likeness (QED) is 0.820. The third-order valence-electron chi connectivity index (χ3n) is 4.35. The van der Waals surface area contributed by atoms with Crippen molar-refractivity contribution in [1.82, 2.24) is 5.32 Å². The SMILES string of the molecule is Cc1cccc(C)c1OCC(C)NC(=O)C(N)C1CCOCC1.Cl. The highest BCUT2D eigenvalue weighted by atomic mass is 35.5. The molecule has 1 aliphatic rings. The van der Waals surface area contributed by atoms with Crippen molar-refractivity contribution in [2.45, 2.75) is 45.7 Å². The van der Waals surface area contributed by atoms with Gasteiger partial charge in [0.2, 0.25) is 5.91 Å². The monoisotopic (exact) mass is 356 g/mol. The van der Waals surface area contributed by atoms with Gasteiger partial charge in [-0.15, -0.1) is 12.4 Å².